The molecule has 2 aromatic carbocycles. The van der Waals surface area contributed by atoms with E-state index in [1.807, 2.05) is 36.0 Å². The van der Waals surface area contributed by atoms with Gasteiger partial charge in [-0.2, -0.15) is 0 Å². The van der Waals surface area contributed by atoms with Crippen LogP contribution < -0.4 is 16.0 Å². The molecule has 3 N–H and O–H groups in total. The van der Waals surface area contributed by atoms with Gasteiger partial charge in [-0.3, -0.25) is 9.79 Å². The van der Waals surface area contributed by atoms with Crippen LogP contribution in [-0.2, 0) is 4.79 Å². The van der Waals surface area contributed by atoms with Crippen LogP contribution in [0.5, 0.6) is 0 Å². The van der Waals surface area contributed by atoms with Crippen LogP contribution in [0.15, 0.2) is 64.5 Å². The zero-order chi connectivity index (χ0) is 19.6. The van der Waals surface area contributed by atoms with Crippen LogP contribution in [0.4, 0.5) is 5.69 Å². The Morgan fingerprint density at radius 2 is 1.93 bits per heavy atom. The average molecular weight is 397 g/mol. The number of hydrogen-bond acceptors (Lipinski definition) is 3. The van der Waals surface area contributed by atoms with Crippen molar-refractivity contribution in [3.63, 3.8) is 0 Å². The highest BCUT2D eigenvalue weighted by Gasteiger charge is 2.24. The normalized spacial score (nSPS) is 16.2. The lowest BCUT2D eigenvalue weighted by molar-refractivity contribution is -0.116. The van der Waals surface area contributed by atoms with Gasteiger partial charge in [0.15, 0.2) is 5.96 Å². The van der Waals surface area contributed by atoms with Crippen LogP contribution in [0.1, 0.15) is 31.2 Å². The van der Waals surface area contributed by atoms with Gasteiger partial charge in [0.2, 0.25) is 5.91 Å². The smallest absolute Gasteiger partial charge is 0.225 e. The molecule has 1 atom stereocenters. The van der Waals surface area contributed by atoms with Gasteiger partial charge in [0.25, 0.3) is 0 Å². The van der Waals surface area contributed by atoms with Crippen molar-refractivity contribution in [3.8, 4) is 0 Å². The number of hydrogen-bond donors (Lipinski definition) is 3. The third-order valence-corrected chi connectivity index (χ3v) is 5.64. The number of nitrogens with one attached hydrogen (secondary N) is 3. The fourth-order valence-electron chi connectivity index (χ4n) is 3.19. The minimum atomic E-state index is 0.0646. The van der Waals surface area contributed by atoms with Crippen LogP contribution in [-0.4, -0.2) is 37.3 Å². The minimum Gasteiger partial charge on any atom is -0.357 e. The van der Waals surface area contributed by atoms with E-state index in [-0.39, 0.29) is 11.8 Å². The maximum Gasteiger partial charge on any atom is 0.225 e. The van der Waals surface area contributed by atoms with Gasteiger partial charge in [0.1, 0.15) is 0 Å². The third-order valence-electron chi connectivity index (χ3n) is 4.55. The Kier molecular flexibility index (Phi) is 7.79. The molecule has 1 aliphatic heterocycles. The highest BCUT2D eigenvalue weighted by atomic mass is 32.2. The summed E-state index contributed by atoms with van der Waals surface area (Å²) in [6.45, 7) is 4.34. The van der Waals surface area contributed by atoms with Gasteiger partial charge in [0, 0.05) is 36.0 Å². The first-order chi connectivity index (χ1) is 13.8. The molecule has 1 heterocycles. The second kappa shape index (κ2) is 10.8. The number of para-hydroxylation sites is 1. The molecule has 1 unspecified atom stereocenters. The topological polar surface area (TPSA) is 65.5 Å². The van der Waals surface area contributed by atoms with E-state index in [9.17, 15) is 4.79 Å². The van der Waals surface area contributed by atoms with Crippen LogP contribution in [0.25, 0.3) is 0 Å². The largest absolute Gasteiger partial charge is 0.357 e. The van der Waals surface area contributed by atoms with Crippen molar-refractivity contribution in [2.75, 3.05) is 30.7 Å². The quantitative estimate of drug-likeness (QED) is 0.274. The zero-order valence-corrected chi connectivity index (χ0v) is 17.1. The molecule has 0 aliphatic carbocycles. The van der Waals surface area contributed by atoms with E-state index in [4.69, 9.17) is 4.99 Å². The summed E-state index contributed by atoms with van der Waals surface area (Å²) in [5.41, 5.74) is 2.08. The second-order valence-electron chi connectivity index (χ2n) is 6.70. The summed E-state index contributed by atoms with van der Waals surface area (Å²) in [6, 6.07) is 18.5. The van der Waals surface area contributed by atoms with Gasteiger partial charge in [-0.1, -0.05) is 36.4 Å². The van der Waals surface area contributed by atoms with Gasteiger partial charge < -0.3 is 16.0 Å². The Bertz CT molecular complexity index is 794. The number of amides is 1. The summed E-state index contributed by atoms with van der Waals surface area (Å²) < 4.78 is 0. The molecule has 148 valence electrons. The number of rotatable bonds is 8. The summed E-state index contributed by atoms with van der Waals surface area (Å²) in [4.78, 5) is 18.0. The maximum absolute atomic E-state index is 12.0. The van der Waals surface area contributed by atoms with Crippen molar-refractivity contribution >= 4 is 29.3 Å². The molecule has 0 fully saturated rings. The molecule has 6 heteroatoms. The van der Waals surface area contributed by atoms with Gasteiger partial charge in [-0.15, -0.1) is 11.8 Å². The predicted molar refractivity (Wildman–Crippen MR) is 118 cm³/mol. The number of fused-ring (bicyclic) bond motifs is 1. The molecule has 2 aromatic rings. The Morgan fingerprint density at radius 1 is 1.14 bits per heavy atom. The van der Waals surface area contributed by atoms with Crippen molar-refractivity contribution in [3.05, 3.63) is 60.2 Å². The van der Waals surface area contributed by atoms with Gasteiger partial charge in [0.05, 0.1) is 6.54 Å². The highest BCUT2D eigenvalue weighted by Crippen LogP contribution is 2.31. The van der Waals surface area contributed by atoms with Crippen molar-refractivity contribution in [1.82, 2.24) is 10.6 Å². The number of guanidine groups is 1. The second-order valence-corrected chi connectivity index (χ2v) is 7.87. The van der Waals surface area contributed by atoms with E-state index in [2.05, 4.69) is 53.2 Å². The molecule has 3 rings (SSSR count). The molecule has 5 nitrogen and oxygen atoms in total. The SMILES string of the molecule is CCNC(=NCC1CC(=O)Nc2ccccc21)NCCCSc1ccccc1. The number of carbonyl (C=O) groups excluding carboxylic acids is 1. The highest BCUT2D eigenvalue weighted by molar-refractivity contribution is 7.99. The molecule has 1 amide bonds. The molecule has 28 heavy (non-hydrogen) atoms. The Morgan fingerprint density at radius 3 is 2.75 bits per heavy atom. The van der Waals surface area contributed by atoms with Gasteiger partial charge in [-0.05, 0) is 42.9 Å². The van der Waals surface area contributed by atoms with Crippen LogP contribution >= 0.6 is 11.8 Å². The first kappa shape index (κ1) is 20.3. The molecule has 0 radical (unpaired) electrons. The summed E-state index contributed by atoms with van der Waals surface area (Å²) in [7, 11) is 0. The number of aliphatic imine (C=N–C) groups is 1. The standard InChI is InChI=1S/C22H28N4OS/c1-2-23-22(24-13-8-14-28-18-9-4-3-5-10-18)25-16-17-15-21(27)26-20-12-7-6-11-19(17)20/h3-7,9-12,17H,2,8,13-16H2,1H3,(H,26,27)(H2,23,24,25). The van der Waals surface area contributed by atoms with E-state index < -0.39 is 0 Å². The lowest BCUT2D eigenvalue weighted by atomic mass is 9.91. The zero-order valence-electron chi connectivity index (χ0n) is 16.3. The lowest BCUT2D eigenvalue weighted by Gasteiger charge is -2.24. The van der Waals surface area contributed by atoms with E-state index in [0.717, 1.165) is 36.9 Å². The van der Waals surface area contributed by atoms with Crippen molar-refractivity contribution in [1.29, 1.82) is 0 Å². The van der Waals surface area contributed by atoms with Crippen molar-refractivity contribution in [2.45, 2.75) is 30.6 Å². The maximum atomic E-state index is 12.0. The fraction of sp³-hybridized carbons (Fsp3) is 0.364. The molecule has 0 spiro atoms. The molecule has 0 bridgehead atoms. The van der Waals surface area contributed by atoms with E-state index in [1.54, 1.807) is 0 Å². The van der Waals surface area contributed by atoms with E-state index in [0.29, 0.717) is 13.0 Å². The number of carbonyl (C=O) groups is 1. The van der Waals surface area contributed by atoms with E-state index in [1.165, 1.54) is 10.5 Å². The molecule has 1 aliphatic rings. The van der Waals surface area contributed by atoms with Crippen molar-refractivity contribution < 1.29 is 4.79 Å². The third kappa shape index (κ3) is 6.02. The van der Waals surface area contributed by atoms with E-state index >= 15 is 0 Å². The lowest BCUT2D eigenvalue weighted by Crippen LogP contribution is -2.38. The Balaban J connectivity index is 1.49. The average Bonchev–Trinajstić information content (AvgIpc) is 2.72. The molecular weight excluding hydrogens is 368 g/mol. The Hall–Kier alpha value is -2.47. The number of anilines is 1. The Labute approximate surface area is 171 Å². The van der Waals surface area contributed by atoms with Gasteiger partial charge >= 0.3 is 0 Å². The van der Waals surface area contributed by atoms with Crippen LogP contribution in [0, 0.1) is 0 Å². The number of thioether (sulfide) groups is 1. The molecule has 0 saturated carbocycles. The van der Waals surface area contributed by atoms with Crippen LogP contribution in [0.2, 0.25) is 0 Å². The van der Waals surface area contributed by atoms with Crippen molar-refractivity contribution in [2.24, 2.45) is 4.99 Å². The molecule has 0 saturated heterocycles. The molecule has 0 aromatic heterocycles. The number of benzene rings is 2. The minimum absolute atomic E-state index is 0.0646. The summed E-state index contributed by atoms with van der Waals surface area (Å²) >= 11 is 1.87. The monoisotopic (exact) mass is 396 g/mol. The predicted octanol–water partition coefficient (Wildman–Crippen LogP) is 3.85. The summed E-state index contributed by atoms with van der Waals surface area (Å²) in [5.74, 6) is 2.06. The fourth-order valence-corrected chi connectivity index (χ4v) is 4.07. The van der Waals surface area contributed by atoms with Gasteiger partial charge in [-0.25, -0.2) is 0 Å². The summed E-state index contributed by atoms with van der Waals surface area (Å²) in [6.07, 6.45) is 1.53. The first-order valence-corrected chi connectivity index (χ1v) is 10.8. The molecular formula is C22H28N4OS. The summed E-state index contributed by atoms with van der Waals surface area (Å²) in [5, 5.41) is 9.65. The van der Waals surface area contributed by atoms with Crippen LogP contribution in [0.3, 0.4) is 0 Å². The first-order valence-electron chi connectivity index (χ1n) is 9.85. The number of nitrogens with zero attached hydrogens (tertiary/aromatic N) is 1.